The van der Waals surface area contributed by atoms with Gasteiger partial charge < -0.3 is 10.1 Å². The van der Waals surface area contributed by atoms with Crippen LogP contribution in [0.25, 0.3) is 16.6 Å². The van der Waals surface area contributed by atoms with E-state index in [4.69, 9.17) is 14.8 Å². The highest BCUT2D eigenvalue weighted by molar-refractivity contribution is 5.92. The van der Waals surface area contributed by atoms with Crippen molar-refractivity contribution < 1.29 is 9.53 Å². The van der Waals surface area contributed by atoms with Crippen LogP contribution in [0.1, 0.15) is 47.5 Å². The number of benzene rings is 2. The molecule has 4 rings (SSSR count). The Balaban J connectivity index is 1.52. The minimum atomic E-state index is -0.137. The molecule has 4 aromatic rings. The number of carbonyl (C=O) groups is 1. The Morgan fingerprint density at radius 3 is 2.71 bits per heavy atom. The quantitative estimate of drug-likeness (QED) is 0.498. The normalized spacial score (nSPS) is 12.3. The molecule has 6 nitrogen and oxygen atoms in total. The Labute approximate surface area is 182 Å². The number of aryl methyl sites for hydroxylation is 3. The molecule has 160 valence electrons. The van der Waals surface area contributed by atoms with E-state index >= 15 is 0 Å². The maximum Gasteiger partial charge on any atom is 0.220 e. The second-order valence-corrected chi connectivity index (χ2v) is 8.05. The van der Waals surface area contributed by atoms with Gasteiger partial charge >= 0.3 is 0 Å². The summed E-state index contributed by atoms with van der Waals surface area (Å²) in [4.78, 5) is 17.5. The number of carbonyl (C=O) groups excluding carboxylic acids is 1. The lowest BCUT2D eigenvalue weighted by Gasteiger charge is -2.18. The molecular weight excluding hydrogens is 388 g/mol. The van der Waals surface area contributed by atoms with Crippen molar-refractivity contribution in [1.29, 1.82) is 0 Å². The predicted molar refractivity (Wildman–Crippen MR) is 123 cm³/mol. The summed E-state index contributed by atoms with van der Waals surface area (Å²) in [7, 11) is 1.65. The molecular formula is C25H28N4O2. The maximum atomic E-state index is 12.7. The largest absolute Gasteiger partial charge is 0.496 e. The number of nitrogens with one attached hydrogen (secondary N) is 1. The SMILES string of the molecule is COc1ccc(C)cc1C(C)NC(=O)CCc1c(C)nc2c3ccccc3nn2c1C. The van der Waals surface area contributed by atoms with E-state index in [1.54, 1.807) is 7.11 Å². The van der Waals surface area contributed by atoms with Crippen LogP contribution in [0.5, 0.6) is 5.75 Å². The Bertz CT molecular complexity index is 1280. The predicted octanol–water partition coefficient (Wildman–Crippen LogP) is 4.63. The van der Waals surface area contributed by atoms with E-state index in [-0.39, 0.29) is 11.9 Å². The molecule has 1 N–H and O–H groups in total. The molecule has 2 aromatic heterocycles. The smallest absolute Gasteiger partial charge is 0.220 e. The van der Waals surface area contributed by atoms with Gasteiger partial charge in [0, 0.05) is 28.8 Å². The van der Waals surface area contributed by atoms with Crippen molar-refractivity contribution in [3.05, 3.63) is 70.5 Å². The number of rotatable bonds is 6. The van der Waals surface area contributed by atoms with E-state index in [9.17, 15) is 4.79 Å². The third-order valence-corrected chi connectivity index (χ3v) is 5.85. The number of hydrogen-bond acceptors (Lipinski definition) is 4. The molecule has 0 saturated carbocycles. The zero-order chi connectivity index (χ0) is 22.1. The van der Waals surface area contributed by atoms with E-state index in [0.717, 1.165) is 50.4 Å². The standard InChI is InChI=1S/C25H28N4O2/c1-15-10-12-23(31-5)21(14-15)17(3)26-24(30)13-11-19-16(2)27-25-20-8-6-7-9-22(20)28-29(25)18(19)4/h6-10,12,14,17H,11,13H2,1-5H3,(H,26,30). The molecule has 31 heavy (non-hydrogen) atoms. The summed E-state index contributed by atoms with van der Waals surface area (Å²) in [5, 5.41) is 8.84. The number of methoxy groups -OCH3 is 1. The summed E-state index contributed by atoms with van der Waals surface area (Å²) in [5.74, 6) is 0.783. The molecule has 2 aromatic carbocycles. The Hall–Kier alpha value is -3.41. The minimum absolute atomic E-state index is 0.000539. The van der Waals surface area contributed by atoms with Crippen molar-refractivity contribution in [3.63, 3.8) is 0 Å². The van der Waals surface area contributed by atoms with Crippen LogP contribution >= 0.6 is 0 Å². The van der Waals surface area contributed by atoms with Gasteiger partial charge in [0.05, 0.1) is 18.7 Å². The highest BCUT2D eigenvalue weighted by Gasteiger charge is 2.17. The highest BCUT2D eigenvalue weighted by atomic mass is 16.5. The average molecular weight is 417 g/mol. The fraction of sp³-hybridized carbons (Fsp3) is 0.320. The molecule has 0 aliphatic rings. The van der Waals surface area contributed by atoms with Gasteiger partial charge in [0.15, 0.2) is 5.65 Å². The van der Waals surface area contributed by atoms with Gasteiger partial charge in [-0.1, -0.05) is 29.8 Å². The lowest BCUT2D eigenvalue weighted by atomic mass is 10.0. The molecule has 1 unspecified atom stereocenters. The van der Waals surface area contributed by atoms with E-state index in [1.165, 1.54) is 0 Å². The number of fused-ring (bicyclic) bond motifs is 3. The fourth-order valence-corrected chi connectivity index (χ4v) is 4.16. The average Bonchev–Trinajstić information content (AvgIpc) is 3.12. The van der Waals surface area contributed by atoms with Gasteiger partial charge in [-0.15, -0.1) is 0 Å². The zero-order valence-electron chi connectivity index (χ0n) is 18.7. The van der Waals surface area contributed by atoms with Crippen LogP contribution in [0.4, 0.5) is 0 Å². The Kier molecular flexibility index (Phi) is 5.63. The first-order valence-electron chi connectivity index (χ1n) is 10.6. The molecule has 0 radical (unpaired) electrons. The first kappa shape index (κ1) is 20.8. The number of nitrogens with zero attached hydrogens (tertiary/aromatic N) is 3. The number of amides is 1. The van der Waals surface area contributed by atoms with Crippen LogP contribution in [0, 0.1) is 20.8 Å². The van der Waals surface area contributed by atoms with Crippen molar-refractivity contribution in [2.75, 3.05) is 7.11 Å². The molecule has 0 bridgehead atoms. The topological polar surface area (TPSA) is 68.5 Å². The first-order valence-corrected chi connectivity index (χ1v) is 10.6. The van der Waals surface area contributed by atoms with Gasteiger partial charge in [0.25, 0.3) is 0 Å². The van der Waals surface area contributed by atoms with E-state index < -0.39 is 0 Å². The molecule has 6 heteroatoms. The third kappa shape index (κ3) is 3.98. The fourth-order valence-electron chi connectivity index (χ4n) is 4.16. The van der Waals surface area contributed by atoms with E-state index in [0.29, 0.717) is 12.8 Å². The van der Waals surface area contributed by atoms with Gasteiger partial charge in [0.1, 0.15) is 5.75 Å². The minimum Gasteiger partial charge on any atom is -0.496 e. The third-order valence-electron chi connectivity index (χ3n) is 5.85. The molecule has 1 amide bonds. The van der Waals surface area contributed by atoms with Crippen LogP contribution in [0.3, 0.4) is 0 Å². The molecule has 0 aliphatic heterocycles. The summed E-state index contributed by atoms with van der Waals surface area (Å²) in [6.07, 6.45) is 0.994. The second-order valence-electron chi connectivity index (χ2n) is 8.05. The first-order chi connectivity index (χ1) is 14.9. The Morgan fingerprint density at radius 2 is 1.94 bits per heavy atom. The summed E-state index contributed by atoms with van der Waals surface area (Å²) >= 11 is 0. The van der Waals surface area contributed by atoms with Crippen LogP contribution in [0.15, 0.2) is 42.5 Å². The van der Waals surface area contributed by atoms with Crippen LogP contribution in [-0.4, -0.2) is 27.6 Å². The molecule has 1 atom stereocenters. The van der Waals surface area contributed by atoms with Crippen LogP contribution in [-0.2, 0) is 11.2 Å². The maximum absolute atomic E-state index is 12.7. The number of hydrogen-bond donors (Lipinski definition) is 1. The summed E-state index contributed by atoms with van der Waals surface area (Å²) in [6.45, 7) is 8.06. The summed E-state index contributed by atoms with van der Waals surface area (Å²) in [6, 6.07) is 13.9. The molecule has 0 fully saturated rings. The van der Waals surface area contributed by atoms with Gasteiger partial charge in [0.2, 0.25) is 5.91 Å². The summed E-state index contributed by atoms with van der Waals surface area (Å²) in [5.41, 5.74) is 6.93. The molecule has 0 saturated heterocycles. The van der Waals surface area contributed by atoms with Gasteiger partial charge in [-0.2, -0.15) is 5.10 Å². The number of ether oxygens (including phenoxy) is 1. The van der Waals surface area contributed by atoms with Crippen LogP contribution < -0.4 is 10.1 Å². The highest BCUT2D eigenvalue weighted by Crippen LogP contribution is 2.26. The van der Waals surface area contributed by atoms with Crippen molar-refractivity contribution in [2.24, 2.45) is 0 Å². The van der Waals surface area contributed by atoms with Crippen molar-refractivity contribution in [1.82, 2.24) is 19.9 Å². The van der Waals surface area contributed by atoms with Crippen molar-refractivity contribution in [2.45, 2.75) is 46.6 Å². The molecule has 0 aliphatic carbocycles. The molecule has 0 spiro atoms. The van der Waals surface area contributed by atoms with E-state index in [1.807, 2.05) is 68.6 Å². The van der Waals surface area contributed by atoms with Crippen LogP contribution in [0.2, 0.25) is 0 Å². The van der Waals surface area contributed by atoms with Gasteiger partial charge in [-0.05, 0) is 57.9 Å². The van der Waals surface area contributed by atoms with Gasteiger partial charge in [-0.25, -0.2) is 9.50 Å². The second kappa shape index (κ2) is 8.38. The Morgan fingerprint density at radius 1 is 1.16 bits per heavy atom. The van der Waals surface area contributed by atoms with Crippen molar-refractivity contribution >= 4 is 22.5 Å². The van der Waals surface area contributed by atoms with Crippen molar-refractivity contribution in [3.8, 4) is 5.75 Å². The number of aromatic nitrogens is 3. The lowest BCUT2D eigenvalue weighted by molar-refractivity contribution is -0.121. The summed E-state index contributed by atoms with van der Waals surface area (Å²) < 4.78 is 7.35. The molecule has 2 heterocycles. The van der Waals surface area contributed by atoms with Gasteiger partial charge in [-0.3, -0.25) is 4.79 Å². The lowest BCUT2D eigenvalue weighted by Crippen LogP contribution is -2.27. The monoisotopic (exact) mass is 416 g/mol. The van der Waals surface area contributed by atoms with E-state index in [2.05, 4.69) is 11.4 Å². The zero-order valence-corrected chi connectivity index (χ0v) is 18.7.